The molecule has 1 fully saturated rings. The van der Waals surface area contributed by atoms with Crippen molar-refractivity contribution in [3.8, 4) is 17.6 Å². The normalized spacial score (nSPS) is 16.8. The fourth-order valence-corrected chi connectivity index (χ4v) is 5.17. The first-order valence-corrected chi connectivity index (χ1v) is 15.4. The third-order valence-corrected chi connectivity index (χ3v) is 7.81. The SMILES string of the molecule is CC1(C)[C@H](C(=O)OC(C#N)c2cccc(Oc3ccccc3)c2)[C@@H]1C=C(Cl)Cl.CCN(Cc1ccc(Cl)nc1)/C(=C/[N+](=O)[O-])NC. The van der Waals surface area contributed by atoms with Crippen LogP contribution in [0, 0.1) is 38.7 Å². The molecule has 4 rings (SSSR count). The Morgan fingerprint density at radius 2 is 1.87 bits per heavy atom. The zero-order valence-corrected chi connectivity index (χ0v) is 28.0. The highest BCUT2D eigenvalue weighted by Crippen LogP contribution is 2.60. The van der Waals surface area contributed by atoms with Gasteiger partial charge in [0.25, 0.3) is 6.20 Å². The number of benzene rings is 2. The fraction of sp³-hybridized carbons (Fsp3) is 0.303. The van der Waals surface area contributed by atoms with Crippen molar-refractivity contribution in [1.29, 1.82) is 5.26 Å². The Bertz CT molecular complexity index is 1590. The average molecular weight is 687 g/mol. The van der Waals surface area contributed by atoms with Gasteiger partial charge in [0, 0.05) is 31.9 Å². The number of allylic oxidation sites excluding steroid dienone is 1. The molecule has 2 aromatic carbocycles. The largest absolute Gasteiger partial charge is 0.457 e. The number of carbonyl (C=O) groups excluding carboxylic acids is 1. The Balaban J connectivity index is 0.000000277. The van der Waals surface area contributed by atoms with E-state index in [0.29, 0.717) is 41.1 Å². The Kier molecular flexibility index (Phi) is 13.2. The van der Waals surface area contributed by atoms with Crippen LogP contribution in [-0.4, -0.2) is 34.4 Å². The van der Waals surface area contributed by atoms with E-state index >= 15 is 0 Å². The van der Waals surface area contributed by atoms with Crippen molar-refractivity contribution in [2.75, 3.05) is 13.6 Å². The molecular formula is C33H34Cl3N5O5. The molecule has 0 saturated heterocycles. The third kappa shape index (κ3) is 10.4. The number of rotatable bonds is 12. The van der Waals surface area contributed by atoms with Crippen molar-refractivity contribution < 1.29 is 19.2 Å². The van der Waals surface area contributed by atoms with Crippen LogP contribution in [-0.2, 0) is 16.1 Å². The minimum atomic E-state index is -1.03. The van der Waals surface area contributed by atoms with Gasteiger partial charge in [-0.3, -0.25) is 14.9 Å². The van der Waals surface area contributed by atoms with Crippen molar-refractivity contribution in [1.82, 2.24) is 15.2 Å². The topological polar surface area (TPSA) is 131 Å². The molecule has 0 radical (unpaired) electrons. The highest BCUT2D eigenvalue weighted by atomic mass is 35.5. The number of nitrogens with zero attached hydrogens (tertiary/aromatic N) is 4. The summed E-state index contributed by atoms with van der Waals surface area (Å²) in [4.78, 5) is 28.5. The zero-order chi connectivity index (χ0) is 33.9. The summed E-state index contributed by atoms with van der Waals surface area (Å²) in [6, 6.07) is 21.8. The molecule has 13 heteroatoms. The molecule has 1 saturated carbocycles. The van der Waals surface area contributed by atoms with E-state index < -0.39 is 17.0 Å². The Labute approximate surface area is 283 Å². The number of nitriles is 1. The monoisotopic (exact) mass is 685 g/mol. The van der Waals surface area contributed by atoms with Crippen molar-refractivity contribution in [2.24, 2.45) is 17.3 Å². The molecular weight excluding hydrogens is 653 g/mol. The second-order valence-electron chi connectivity index (χ2n) is 10.8. The van der Waals surface area contributed by atoms with Crippen LogP contribution in [0.15, 0.2) is 95.5 Å². The highest BCUT2D eigenvalue weighted by molar-refractivity contribution is 6.55. The number of ether oxygens (including phenoxy) is 2. The number of para-hydroxylation sites is 1. The number of hydrogen-bond acceptors (Lipinski definition) is 9. The van der Waals surface area contributed by atoms with Gasteiger partial charge in [-0.1, -0.05) is 85.0 Å². The lowest BCUT2D eigenvalue weighted by atomic mass is 10.1. The summed E-state index contributed by atoms with van der Waals surface area (Å²) in [5.74, 6) is 0.745. The molecule has 3 atom stereocenters. The first kappa shape index (κ1) is 36.2. The summed E-state index contributed by atoms with van der Waals surface area (Å²) in [5, 5.41) is 23.3. The first-order valence-electron chi connectivity index (χ1n) is 14.2. The second-order valence-corrected chi connectivity index (χ2v) is 12.2. The number of carbonyl (C=O) groups is 1. The molecule has 0 aliphatic heterocycles. The minimum absolute atomic E-state index is 0.114. The zero-order valence-electron chi connectivity index (χ0n) is 25.7. The molecule has 3 aromatic rings. The number of esters is 1. The summed E-state index contributed by atoms with van der Waals surface area (Å²) in [7, 11) is 1.65. The van der Waals surface area contributed by atoms with Gasteiger partial charge < -0.3 is 19.7 Å². The molecule has 10 nitrogen and oxygen atoms in total. The fourth-order valence-electron chi connectivity index (χ4n) is 4.79. The maximum Gasteiger partial charge on any atom is 0.311 e. The van der Waals surface area contributed by atoms with Crippen LogP contribution in [0.4, 0.5) is 0 Å². The van der Waals surface area contributed by atoms with Crippen LogP contribution in [0.3, 0.4) is 0 Å². The molecule has 0 spiro atoms. The predicted molar refractivity (Wildman–Crippen MR) is 177 cm³/mol. The van der Waals surface area contributed by atoms with Crippen LogP contribution >= 0.6 is 34.8 Å². The maximum absolute atomic E-state index is 12.6. The van der Waals surface area contributed by atoms with Crippen LogP contribution in [0.25, 0.3) is 0 Å². The van der Waals surface area contributed by atoms with Gasteiger partial charge in [0.05, 0.1) is 10.8 Å². The second kappa shape index (κ2) is 16.9. The maximum atomic E-state index is 12.6. The van der Waals surface area contributed by atoms with Crippen molar-refractivity contribution in [3.05, 3.63) is 122 Å². The Hall–Kier alpha value is -4.30. The summed E-state index contributed by atoms with van der Waals surface area (Å²) < 4.78 is 11.4. The lowest BCUT2D eigenvalue weighted by Gasteiger charge is -2.23. The molecule has 46 heavy (non-hydrogen) atoms. The molecule has 1 aliphatic rings. The van der Waals surface area contributed by atoms with Gasteiger partial charge in [-0.2, -0.15) is 5.26 Å². The van der Waals surface area contributed by atoms with Gasteiger partial charge in [-0.05, 0) is 60.2 Å². The van der Waals surface area contributed by atoms with Gasteiger partial charge in [-0.25, -0.2) is 4.98 Å². The number of halogens is 3. The predicted octanol–water partition coefficient (Wildman–Crippen LogP) is 8.03. The van der Waals surface area contributed by atoms with E-state index in [9.17, 15) is 20.2 Å². The van der Waals surface area contributed by atoms with Gasteiger partial charge in [0.1, 0.15) is 27.2 Å². The van der Waals surface area contributed by atoms with Crippen LogP contribution in [0.2, 0.25) is 5.15 Å². The van der Waals surface area contributed by atoms with E-state index in [1.54, 1.807) is 49.7 Å². The number of nitrogens with one attached hydrogen (secondary N) is 1. The smallest absolute Gasteiger partial charge is 0.311 e. The molecule has 1 aromatic heterocycles. The van der Waals surface area contributed by atoms with E-state index in [-0.39, 0.29) is 21.7 Å². The van der Waals surface area contributed by atoms with E-state index in [1.807, 2.05) is 68.1 Å². The summed E-state index contributed by atoms with van der Waals surface area (Å²) in [6.07, 6.45) is 3.22. The van der Waals surface area contributed by atoms with Crippen molar-refractivity contribution >= 4 is 40.8 Å². The minimum Gasteiger partial charge on any atom is -0.457 e. The van der Waals surface area contributed by atoms with Gasteiger partial charge >= 0.3 is 5.97 Å². The van der Waals surface area contributed by atoms with E-state index in [1.165, 1.54) is 0 Å². The molecule has 1 N–H and O–H groups in total. The number of pyridine rings is 1. The number of nitro groups is 1. The number of hydrogen-bond donors (Lipinski definition) is 1. The molecule has 242 valence electrons. The lowest BCUT2D eigenvalue weighted by molar-refractivity contribution is -0.404. The van der Waals surface area contributed by atoms with Crippen molar-refractivity contribution in [3.63, 3.8) is 0 Å². The van der Waals surface area contributed by atoms with Gasteiger partial charge in [-0.15, -0.1) is 0 Å². The third-order valence-electron chi connectivity index (χ3n) is 7.33. The van der Waals surface area contributed by atoms with E-state index in [2.05, 4.69) is 10.3 Å². The molecule has 0 bridgehead atoms. The summed E-state index contributed by atoms with van der Waals surface area (Å²) in [6.45, 7) is 6.97. The van der Waals surface area contributed by atoms with Crippen LogP contribution < -0.4 is 10.1 Å². The standard InChI is InChI=1S/C22H19Cl2NO3.C11H15ClN4O2/c1-22(2)17(12-19(23)24)20(22)21(26)28-18(13-25)14-7-6-10-16(11-14)27-15-8-4-3-5-9-15;1-3-15(11(13-2)8-16(17)18)7-9-4-5-10(12)14-6-9/h3-12,17-18,20H,1-2H3;4-6,8,13H,3,7H2,1-2H3/b;11-8+/t17-,18?,20-;/m0./s1. The molecule has 1 heterocycles. The molecule has 1 unspecified atom stereocenters. The summed E-state index contributed by atoms with van der Waals surface area (Å²) >= 11 is 17.2. The summed E-state index contributed by atoms with van der Waals surface area (Å²) in [5.41, 5.74) is 1.17. The van der Waals surface area contributed by atoms with E-state index in [0.717, 1.165) is 11.8 Å². The molecule has 1 aliphatic carbocycles. The Morgan fingerprint density at radius 3 is 2.43 bits per heavy atom. The van der Waals surface area contributed by atoms with E-state index in [4.69, 9.17) is 44.3 Å². The lowest BCUT2D eigenvalue weighted by Crippen LogP contribution is -2.30. The Morgan fingerprint density at radius 1 is 1.17 bits per heavy atom. The van der Waals surface area contributed by atoms with Crippen LogP contribution in [0.1, 0.15) is 38.0 Å². The molecule has 0 amide bonds. The van der Waals surface area contributed by atoms with Gasteiger partial charge in [0.15, 0.2) is 5.82 Å². The van der Waals surface area contributed by atoms with Crippen LogP contribution in [0.5, 0.6) is 11.5 Å². The van der Waals surface area contributed by atoms with Crippen molar-refractivity contribution in [2.45, 2.75) is 33.4 Å². The first-order chi connectivity index (χ1) is 21.9. The average Bonchev–Trinajstić information content (AvgIpc) is 3.57. The quantitative estimate of drug-likeness (QED) is 0.0871. The highest BCUT2D eigenvalue weighted by Gasteiger charge is 2.62. The number of aromatic nitrogens is 1. The van der Waals surface area contributed by atoms with Gasteiger partial charge in [0.2, 0.25) is 6.10 Å².